The lowest BCUT2D eigenvalue weighted by Crippen LogP contribution is -2.28. The molecule has 0 fully saturated rings. The first-order chi connectivity index (χ1) is 10.6. The largest absolute Gasteiger partial charge is 0.387 e. The number of carbonyl (C=O) groups is 1. The Labute approximate surface area is 132 Å². The molecule has 1 unspecified atom stereocenters. The van der Waals surface area contributed by atoms with Crippen LogP contribution in [-0.2, 0) is 0 Å². The van der Waals surface area contributed by atoms with Gasteiger partial charge in [0, 0.05) is 22.5 Å². The van der Waals surface area contributed by atoms with Crippen molar-refractivity contribution in [3.8, 4) is 0 Å². The Bertz CT molecular complexity index is 763. The van der Waals surface area contributed by atoms with Crippen molar-refractivity contribution in [3.63, 3.8) is 0 Å². The highest BCUT2D eigenvalue weighted by molar-refractivity contribution is 6.30. The van der Waals surface area contributed by atoms with Crippen LogP contribution in [0.1, 0.15) is 22.2 Å². The summed E-state index contributed by atoms with van der Waals surface area (Å²) in [6.07, 6.45) is -0.773. The van der Waals surface area contributed by atoms with Crippen LogP contribution >= 0.6 is 11.6 Å². The average Bonchev–Trinajstić information content (AvgIpc) is 2.97. The number of H-pyrrole nitrogens is 1. The number of aromatic amines is 1. The number of halogens is 1. The van der Waals surface area contributed by atoms with Gasteiger partial charge in [-0.1, -0.05) is 41.9 Å². The van der Waals surface area contributed by atoms with Crippen molar-refractivity contribution >= 4 is 28.4 Å². The van der Waals surface area contributed by atoms with Crippen molar-refractivity contribution in [1.29, 1.82) is 0 Å². The Morgan fingerprint density at radius 3 is 2.64 bits per heavy atom. The van der Waals surface area contributed by atoms with E-state index in [0.717, 1.165) is 10.9 Å². The summed E-state index contributed by atoms with van der Waals surface area (Å²) in [5.41, 5.74) is 2.09. The van der Waals surface area contributed by atoms with E-state index in [1.54, 1.807) is 30.3 Å². The van der Waals surface area contributed by atoms with Gasteiger partial charge in [-0.25, -0.2) is 0 Å². The molecule has 0 bridgehead atoms. The molecule has 4 nitrogen and oxygen atoms in total. The van der Waals surface area contributed by atoms with Gasteiger partial charge in [0.1, 0.15) is 5.69 Å². The van der Waals surface area contributed by atoms with Crippen LogP contribution in [0.5, 0.6) is 0 Å². The Hall–Kier alpha value is -2.30. The molecule has 0 saturated carbocycles. The zero-order chi connectivity index (χ0) is 15.5. The van der Waals surface area contributed by atoms with Crippen molar-refractivity contribution in [2.24, 2.45) is 0 Å². The van der Waals surface area contributed by atoms with Crippen molar-refractivity contribution in [3.05, 3.63) is 70.9 Å². The summed E-state index contributed by atoms with van der Waals surface area (Å²) in [7, 11) is 0. The zero-order valence-electron chi connectivity index (χ0n) is 11.7. The number of aliphatic hydroxyl groups excluding tert-OH is 1. The monoisotopic (exact) mass is 314 g/mol. The maximum absolute atomic E-state index is 12.1. The van der Waals surface area contributed by atoms with Crippen LogP contribution in [-0.4, -0.2) is 22.5 Å². The molecule has 112 valence electrons. The molecule has 0 spiro atoms. The van der Waals surface area contributed by atoms with E-state index in [1.165, 1.54) is 0 Å². The lowest BCUT2D eigenvalue weighted by molar-refractivity contribution is 0.0912. The molecule has 0 saturated heterocycles. The number of para-hydroxylation sites is 1. The third-order valence-corrected chi connectivity index (χ3v) is 3.74. The van der Waals surface area contributed by atoms with Gasteiger partial charge in [0.25, 0.3) is 5.91 Å². The number of amides is 1. The van der Waals surface area contributed by atoms with Gasteiger partial charge in [-0.3, -0.25) is 4.79 Å². The first-order valence-electron chi connectivity index (χ1n) is 6.93. The molecule has 2 aromatic carbocycles. The molecular weight excluding hydrogens is 300 g/mol. The predicted octanol–water partition coefficient (Wildman–Crippen LogP) is 3.28. The van der Waals surface area contributed by atoms with E-state index in [4.69, 9.17) is 11.6 Å². The van der Waals surface area contributed by atoms with Gasteiger partial charge in [-0.15, -0.1) is 0 Å². The normalized spacial score (nSPS) is 12.3. The Balaban J connectivity index is 1.65. The van der Waals surface area contributed by atoms with E-state index in [1.807, 2.05) is 24.3 Å². The van der Waals surface area contributed by atoms with Gasteiger partial charge in [0.15, 0.2) is 0 Å². The van der Waals surface area contributed by atoms with Gasteiger partial charge in [0.2, 0.25) is 0 Å². The average molecular weight is 315 g/mol. The fourth-order valence-corrected chi connectivity index (χ4v) is 2.41. The van der Waals surface area contributed by atoms with Crippen LogP contribution in [0.2, 0.25) is 5.02 Å². The van der Waals surface area contributed by atoms with Crippen LogP contribution in [0, 0.1) is 0 Å². The standard InChI is InChI=1S/C17H15ClN2O2/c18-13-7-5-11(6-8-13)16(21)10-19-17(22)15-9-12-3-1-2-4-14(12)20-15/h1-9,16,20-21H,10H2,(H,19,22). The molecule has 1 heterocycles. The number of benzene rings is 2. The fourth-order valence-electron chi connectivity index (χ4n) is 2.28. The van der Waals surface area contributed by atoms with Crippen LogP contribution in [0.15, 0.2) is 54.6 Å². The molecule has 0 aliphatic rings. The second-order valence-electron chi connectivity index (χ2n) is 5.05. The molecule has 3 rings (SSSR count). The number of aromatic nitrogens is 1. The van der Waals surface area contributed by atoms with E-state index in [2.05, 4.69) is 10.3 Å². The maximum Gasteiger partial charge on any atom is 0.267 e. The quantitative estimate of drug-likeness (QED) is 0.692. The molecule has 0 aliphatic carbocycles. The maximum atomic E-state index is 12.1. The van der Waals surface area contributed by atoms with E-state index >= 15 is 0 Å². The van der Waals surface area contributed by atoms with Gasteiger partial charge in [-0.05, 0) is 29.8 Å². The van der Waals surface area contributed by atoms with Crippen molar-refractivity contribution < 1.29 is 9.90 Å². The lowest BCUT2D eigenvalue weighted by Gasteiger charge is -2.11. The molecule has 0 radical (unpaired) electrons. The van der Waals surface area contributed by atoms with Gasteiger partial charge in [-0.2, -0.15) is 0 Å². The summed E-state index contributed by atoms with van der Waals surface area (Å²) in [5, 5.41) is 14.4. The molecule has 3 aromatic rings. The summed E-state index contributed by atoms with van der Waals surface area (Å²) in [5.74, 6) is -0.246. The highest BCUT2D eigenvalue weighted by atomic mass is 35.5. The highest BCUT2D eigenvalue weighted by Gasteiger charge is 2.12. The Kier molecular flexibility index (Phi) is 4.13. The van der Waals surface area contributed by atoms with Crippen molar-refractivity contribution in [2.75, 3.05) is 6.54 Å². The van der Waals surface area contributed by atoms with E-state index in [0.29, 0.717) is 16.3 Å². The number of hydrogen-bond acceptors (Lipinski definition) is 2. The van der Waals surface area contributed by atoms with Crippen molar-refractivity contribution in [2.45, 2.75) is 6.10 Å². The number of aliphatic hydroxyl groups is 1. The van der Waals surface area contributed by atoms with Gasteiger partial charge in [0.05, 0.1) is 6.10 Å². The molecule has 5 heteroatoms. The Morgan fingerprint density at radius 1 is 1.18 bits per heavy atom. The second-order valence-corrected chi connectivity index (χ2v) is 5.48. The topological polar surface area (TPSA) is 65.1 Å². The molecule has 3 N–H and O–H groups in total. The number of hydrogen-bond donors (Lipinski definition) is 3. The number of fused-ring (bicyclic) bond motifs is 1. The molecule has 0 aliphatic heterocycles. The fraction of sp³-hybridized carbons (Fsp3) is 0.118. The number of carbonyl (C=O) groups excluding carboxylic acids is 1. The van der Waals surface area contributed by atoms with Crippen LogP contribution < -0.4 is 5.32 Å². The van der Waals surface area contributed by atoms with Gasteiger partial charge < -0.3 is 15.4 Å². The third kappa shape index (κ3) is 3.13. The summed E-state index contributed by atoms with van der Waals surface area (Å²) in [4.78, 5) is 15.2. The molecule has 1 atom stereocenters. The SMILES string of the molecule is O=C(NCC(O)c1ccc(Cl)cc1)c1cc2ccccc2[nH]1. The molecule has 1 amide bonds. The Morgan fingerprint density at radius 2 is 1.91 bits per heavy atom. The number of nitrogens with one attached hydrogen (secondary N) is 2. The first-order valence-corrected chi connectivity index (χ1v) is 7.31. The minimum atomic E-state index is -0.773. The van der Waals surface area contributed by atoms with Crippen molar-refractivity contribution in [1.82, 2.24) is 10.3 Å². The van der Waals surface area contributed by atoms with E-state index in [-0.39, 0.29) is 12.5 Å². The highest BCUT2D eigenvalue weighted by Crippen LogP contribution is 2.17. The summed E-state index contributed by atoms with van der Waals surface area (Å²) in [6.45, 7) is 0.135. The predicted molar refractivity (Wildman–Crippen MR) is 87.0 cm³/mol. The van der Waals surface area contributed by atoms with E-state index < -0.39 is 6.10 Å². The van der Waals surface area contributed by atoms with Crippen LogP contribution in [0.3, 0.4) is 0 Å². The molecular formula is C17H15ClN2O2. The third-order valence-electron chi connectivity index (χ3n) is 3.49. The molecule has 22 heavy (non-hydrogen) atoms. The summed E-state index contributed by atoms with van der Waals surface area (Å²) >= 11 is 5.81. The second kappa shape index (κ2) is 6.22. The first kappa shape index (κ1) is 14.6. The summed E-state index contributed by atoms with van der Waals surface area (Å²) in [6, 6.07) is 16.4. The van der Waals surface area contributed by atoms with E-state index in [9.17, 15) is 9.90 Å². The zero-order valence-corrected chi connectivity index (χ0v) is 12.5. The number of rotatable bonds is 4. The minimum absolute atomic E-state index is 0.135. The van der Waals surface area contributed by atoms with Crippen LogP contribution in [0.4, 0.5) is 0 Å². The minimum Gasteiger partial charge on any atom is -0.387 e. The van der Waals surface area contributed by atoms with Crippen LogP contribution in [0.25, 0.3) is 10.9 Å². The lowest BCUT2D eigenvalue weighted by atomic mass is 10.1. The smallest absolute Gasteiger partial charge is 0.267 e. The molecule has 1 aromatic heterocycles. The summed E-state index contributed by atoms with van der Waals surface area (Å²) < 4.78 is 0. The van der Waals surface area contributed by atoms with Gasteiger partial charge >= 0.3 is 0 Å².